The Kier molecular flexibility index (Phi) is 11.0. The lowest BCUT2D eigenvalue weighted by Crippen LogP contribution is -2.17. The van der Waals surface area contributed by atoms with E-state index < -0.39 is 0 Å². The average Bonchev–Trinajstić information content (AvgIpc) is 3.64. The Hall–Kier alpha value is -4.03. The van der Waals surface area contributed by atoms with E-state index in [-0.39, 0.29) is 41.0 Å². The van der Waals surface area contributed by atoms with Gasteiger partial charge in [-0.25, -0.2) is 13.6 Å². The van der Waals surface area contributed by atoms with Gasteiger partial charge in [0.1, 0.15) is 17.4 Å². The SMILES string of the molecule is COC(=O)c1ccc(-c2cc(OC)ccc2F)c(C2CCCC2(C)C)c1.Cc1ccc(F)c(-c2ccc(CO)cc2C2CCCC2(C)C)c1. The molecule has 4 aromatic rings. The second kappa shape index (κ2) is 14.8. The molecule has 2 atom stereocenters. The molecule has 4 nitrogen and oxygen atoms in total. The van der Waals surface area contributed by atoms with Crippen LogP contribution in [0.15, 0.2) is 72.8 Å². The van der Waals surface area contributed by atoms with Gasteiger partial charge in [0.25, 0.3) is 0 Å². The predicted octanol–water partition coefficient (Wildman–Crippen LogP) is 11.2. The van der Waals surface area contributed by atoms with E-state index in [0.29, 0.717) is 28.4 Å². The number of hydrogen-bond donors (Lipinski definition) is 1. The van der Waals surface area contributed by atoms with Crippen molar-refractivity contribution >= 4 is 5.97 Å². The molecule has 0 radical (unpaired) electrons. The van der Waals surface area contributed by atoms with Crippen molar-refractivity contribution in [3.8, 4) is 28.0 Å². The summed E-state index contributed by atoms with van der Waals surface area (Å²) in [7, 11) is 2.94. The quantitative estimate of drug-likeness (QED) is 0.199. The fourth-order valence-corrected chi connectivity index (χ4v) is 8.07. The van der Waals surface area contributed by atoms with Crippen molar-refractivity contribution in [2.75, 3.05) is 14.2 Å². The largest absolute Gasteiger partial charge is 0.497 e. The highest BCUT2D eigenvalue weighted by molar-refractivity contribution is 5.91. The lowest BCUT2D eigenvalue weighted by Gasteiger charge is -2.30. The summed E-state index contributed by atoms with van der Waals surface area (Å²) in [6.45, 7) is 11.1. The van der Waals surface area contributed by atoms with Gasteiger partial charge >= 0.3 is 5.97 Å². The zero-order valence-corrected chi connectivity index (χ0v) is 30.0. The molecule has 49 heavy (non-hydrogen) atoms. The van der Waals surface area contributed by atoms with Crippen LogP contribution in [-0.2, 0) is 11.3 Å². The number of aryl methyl sites for hydroxylation is 1. The average molecular weight is 669 g/mol. The Bertz CT molecular complexity index is 1810. The number of rotatable bonds is 7. The summed E-state index contributed by atoms with van der Waals surface area (Å²) in [5.41, 5.74) is 7.91. The predicted molar refractivity (Wildman–Crippen MR) is 193 cm³/mol. The van der Waals surface area contributed by atoms with Gasteiger partial charge in [-0.1, -0.05) is 76.4 Å². The molecule has 2 aliphatic carbocycles. The van der Waals surface area contributed by atoms with Gasteiger partial charge in [0, 0.05) is 11.1 Å². The number of methoxy groups -OCH3 is 2. The lowest BCUT2D eigenvalue weighted by molar-refractivity contribution is 0.0600. The van der Waals surface area contributed by atoms with E-state index in [0.717, 1.165) is 53.5 Å². The smallest absolute Gasteiger partial charge is 0.337 e. The second-order valence-electron chi connectivity index (χ2n) is 15.1. The maximum atomic E-state index is 14.6. The van der Waals surface area contributed by atoms with Crippen molar-refractivity contribution in [2.24, 2.45) is 10.8 Å². The first-order valence-electron chi connectivity index (χ1n) is 17.4. The number of esters is 1. The Labute approximate surface area is 290 Å². The Morgan fingerprint density at radius 1 is 0.735 bits per heavy atom. The van der Waals surface area contributed by atoms with Gasteiger partial charge in [-0.2, -0.15) is 0 Å². The topological polar surface area (TPSA) is 55.8 Å². The molecule has 2 unspecified atom stereocenters. The van der Waals surface area contributed by atoms with Crippen molar-refractivity contribution < 1.29 is 28.2 Å². The van der Waals surface area contributed by atoms with Gasteiger partial charge in [-0.3, -0.25) is 0 Å². The van der Waals surface area contributed by atoms with Crippen LogP contribution in [0.4, 0.5) is 8.78 Å². The number of ether oxygens (including phenoxy) is 2. The fraction of sp³-hybridized carbons (Fsp3) is 0.419. The third-order valence-corrected chi connectivity index (χ3v) is 10.9. The van der Waals surface area contributed by atoms with Crippen LogP contribution in [0.5, 0.6) is 5.75 Å². The molecule has 2 fully saturated rings. The van der Waals surface area contributed by atoms with Crippen molar-refractivity contribution in [2.45, 2.75) is 91.6 Å². The number of aliphatic hydroxyl groups is 1. The molecule has 2 saturated carbocycles. The highest BCUT2D eigenvalue weighted by Crippen LogP contribution is 2.52. The molecule has 2 aliphatic rings. The number of halogens is 2. The molecule has 6 rings (SSSR count). The molecule has 260 valence electrons. The molecular weight excluding hydrogens is 618 g/mol. The van der Waals surface area contributed by atoms with Crippen molar-refractivity contribution in [3.05, 3.63) is 112 Å². The summed E-state index contributed by atoms with van der Waals surface area (Å²) in [4.78, 5) is 12.0. The molecule has 0 aliphatic heterocycles. The Balaban J connectivity index is 0.000000192. The monoisotopic (exact) mass is 668 g/mol. The first-order valence-corrected chi connectivity index (χ1v) is 17.4. The van der Waals surface area contributed by atoms with E-state index in [1.807, 2.05) is 37.3 Å². The van der Waals surface area contributed by atoms with E-state index in [2.05, 4.69) is 33.8 Å². The standard InChI is InChI=1S/C22H25FO3.C21H25FO/c1-22(2)11-5-6-19(22)17-12-14(21(24)26-4)7-9-16(17)18-13-15(25-3)8-10-20(18)23;1-14-6-9-20(22)18(11-14)16-8-7-15(13-23)12-17(16)19-5-4-10-21(19,2)3/h7-10,12-13,19H,5-6,11H2,1-4H3;6-9,11-12,19,23H,4-5,10,13H2,1-3H3. The van der Waals surface area contributed by atoms with Crippen LogP contribution in [-0.4, -0.2) is 25.3 Å². The van der Waals surface area contributed by atoms with E-state index in [4.69, 9.17) is 9.47 Å². The molecule has 0 heterocycles. The molecule has 0 aromatic heterocycles. The van der Waals surface area contributed by atoms with Crippen molar-refractivity contribution in [3.63, 3.8) is 0 Å². The molecule has 4 aromatic carbocycles. The summed E-state index contributed by atoms with van der Waals surface area (Å²) < 4.78 is 39.2. The maximum absolute atomic E-state index is 14.6. The van der Waals surface area contributed by atoms with Gasteiger partial charge < -0.3 is 14.6 Å². The highest BCUT2D eigenvalue weighted by Gasteiger charge is 2.38. The van der Waals surface area contributed by atoms with Crippen LogP contribution in [0, 0.1) is 29.4 Å². The van der Waals surface area contributed by atoms with Crippen LogP contribution in [0.1, 0.15) is 111 Å². The first-order chi connectivity index (χ1) is 23.3. The van der Waals surface area contributed by atoms with E-state index in [9.17, 15) is 18.7 Å². The summed E-state index contributed by atoms with van der Waals surface area (Å²) in [5.74, 6) is 0.421. The third kappa shape index (κ3) is 7.75. The maximum Gasteiger partial charge on any atom is 0.337 e. The second-order valence-corrected chi connectivity index (χ2v) is 15.1. The molecule has 0 bridgehead atoms. The minimum Gasteiger partial charge on any atom is -0.497 e. The van der Waals surface area contributed by atoms with Crippen LogP contribution in [0.2, 0.25) is 0 Å². The zero-order chi connectivity index (χ0) is 35.5. The number of benzene rings is 4. The van der Waals surface area contributed by atoms with Crippen LogP contribution in [0.3, 0.4) is 0 Å². The normalized spacial score (nSPS) is 19.2. The highest BCUT2D eigenvalue weighted by atomic mass is 19.1. The minimum absolute atomic E-state index is 0.0245. The summed E-state index contributed by atoms with van der Waals surface area (Å²) in [6, 6.07) is 21.4. The van der Waals surface area contributed by atoms with Gasteiger partial charge in [0.05, 0.1) is 26.4 Å². The first kappa shape index (κ1) is 36.3. The van der Waals surface area contributed by atoms with Crippen LogP contribution < -0.4 is 4.74 Å². The fourth-order valence-electron chi connectivity index (χ4n) is 8.07. The van der Waals surface area contributed by atoms with E-state index in [1.165, 1.54) is 31.6 Å². The van der Waals surface area contributed by atoms with Gasteiger partial charge in [-0.15, -0.1) is 0 Å². The molecule has 6 heteroatoms. The van der Waals surface area contributed by atoms with Crippen LogP contribution in [0.25, 0.3) is 22.3 Å². The summed E-state index contributed by atoms with van der Waals surface area (Å²) in [5, 5.41) is 9.52. The van der Waals surface area contributed by atoms with Gasteiger partial charge in [0.15, 0.2) is 0 Å². The van der Waals surface area contributed by atoms with Crippen molar-refractivity contribution in [1.29, 1.82) is 0 Å². The number of hydrogen-bond acceptors (Lipinski definition) is 4. The third-order valence-electron chi connectivity index (χ3n) is 10.9. The molecule has 0 spiro atoms. The van der Waals surface area contributed by atoms with Crippen molar-refractivity contribution in [1.82, 2.24) is 0 Å². The zero-order valence-electron chi connectivity index (χ0n) is 30.0. The molecular formula is C43H50F2O4. The van der Waals surface area contributed by atoms with E-state index >= 15 is 0 Å². The van der Waals surface area contributed by atoms with Crippen LogP contribution >= 0.6 is 0 Å². The Morgan fingerprint density at radius 2 is 1.29 bits per heavy atom. The van der Waals surface area contributed by atoms with Gasteiger partial charge in [0.2, 0.25) is 0 Å². The summed E-state index contributed by atoms with van der Waals surface area (Å²) >= 11 is 0. The number of aliphatic hydroxyl groups excluding tert-OH is 1. The Morgan fingerprint density at radius 3 is 1.82 bits per heavy atom. The molecule has 0 saturated heterocycles. The summed E-state index contributed by atoms with van der Waals surface area (Å²) in [6.07, 6.45) is 6.78. The number of carbonyl (C=O) groups is 1. The van der Waals surface area contributed by atoms with E-state index in [1.54, 1.807) is 37.4 Å². The molecule has 1 N–H and O–H groups in total. The lowest BCUT2D eigenvalue weighted by atomic mass is 9.75. The minimum atomic E-state index is -0.375. The molecule has 0 amide bonds. The number of carbonyl (C=O) groups excluding carboxylic acids is 1. The van der Waals surface area contributed by atoms with Gasteiger partial charge in [-0.05, 0) is 126 Å².